The molecule has 4 aromatic carbocycles. The molecule has 4 aromatic rings. The Morgan fingerprint density at radius 3 is 1.25 bits per heavy atom. The Labute approximate surface area is 200 Å². The normalized spacial score (nSPS) is 8.54. The molecule has 28 heavy (non-hydrogen) atoms. The van der Waals surface area contributed by atoms with Crippen molar-refractivity contribution in [3.05, 3.63) is 97.8 Å². The SMILES string of the molecule is Cc1cc2c(C)cccc2[cH-]1.Cc1cc2c(C)cccc2[cH-]1.Cl.Cl.[CH3-].[CH3-].[Si]=[Zr]. The first-order valence-corrected chi connectivity index (χ1v) is 12.2. The van der Waals surface area contributed by atoms with E-state index in [4.69, 9.17) is 0 Å². The van der Waals surface area contributed by atoms with Crippen molar-refractivity contribution in [2.24, 2.45) is 0 Å². The summed E-state index contributed by atoms with van der Waals surface area (Å²) in [6, 6.07) is 21.8. The summed E-state index contributed by atoms with van der Waals surface area (Å²) in [6.07, 6.45) is 0. The van der Waals surface area contributed by atoms with Crippen LogP contribution in [0.25, 0.3) is 21.5 Å². The molecule has 0 atom stereocenters. The van der Waals surface area contributed by atoms with E-state index in [1.807, 2.05) is 0 Å². The maximum absolute atomic E-state index is 3.06. The zero-order valence-electron chi connectivity index (χ0n) is 17.6. The Hall–Kier alpha value is -0.660. The van der Waals surface area contributed by atoms with E-state index in [2.05, 4.69) is 95.2 Å². The summed E-state index contributed by atoms with van der Waals surface area (Å²) in [4.78, 5) is 0. The van der Waals surface area contributed by atoms with Crippen LogP contribution >= 0.6 is 24.8 Å². The number of rotatable bonds is 0. The van der Waals surface area contributed by atoms with Crippen LogP contribution in [0.15, 0.2) is 60.7 Å². The van der Waals surface area contributed by atoms with Crippen LogP contribution in [-0.2, 0) is 23.3 Å². The molecule has 0 aromatic heterocycles. The van der Waals surface area contributed by atoms with Gasteiger partial charge in [-0.05, 0) is 13.8 Å². The fourth-order valence-corrected chi connectivity index (χ4v) is 3.08. The molecule has 0 aliphatic rings. The van der Waals surface area contributed by atoms with Gasteiger partial charge in [-0.2, -0.15) is 12.1 Å². The summed E-state index contributed by atoms with van der Waals surface area (Å²) in [5, 5.41) is 5.51. The topological polar surface area (TPSA) is 0 Å². The van der Waals surface area contributed by atoms with Crippen LogP contribution in [0.1, 0.15) is 22.3 Å². The van der Waals surface area contributed by atoms with E-state index < -0.39 is 0 Å². The third kappa shape index (κ3) is 7.99. The molecule has 0 unspecified atom stereocenters. The van der Waals surface area contributed by atoms with Gasteiger partial charge in [0, 0.05) is 0 Å². The van der Waals surface area contributed by atoms with E-state index in [0.717, 1.165) is 0 Å². The molecule has 0 nitrogen and oxygen atoms in total. The van der Waals surface area contributed by atoms with Crippen molar-refractivity contribution in [3.63, 3.8) is 0 Å². The summed E-state index contributed by atoms with van der Waals surface area (Å²) < 4.78 is 0. The van der Waals surface area contributed by atoms with Crippen LogP contribution < -0.4 is 0 Å². The van der Waals surface area contributed by atoms with Crippen LogP contribution in [0.5, 0.6) is 0 Å². The van der Waals surface area contributed by atoms with E-state index in [1.54, 1.807) is 0 Å². The average molecular weight is 509 g/mol. The molecule has 0 amide bonds. The Morgan fingerprint density at radius 2 is 0.964 bits per heavy atom. The first-order chi connectivity index (χ1) is 11.5. The molecule has 0 aliphatic heterocycles. The zero-order valence-corrected chi connectivity index (χ0v) is 22.7. The van der Waals surface area contributed by atoms with Gasteiger partial charge in [0.25, 0.3) is 0 Å². The van der Waals surface area contributed by atoms with Gasteiger partial charge in [0.2, 0.25) is 0 Å². The number of halogens is 2. The van der Waals surface area contributed by atoms with Crippen LogP contribution in [-0.4, -0.2) is 6.88 Å². The van der Waals surface area contributed by atoms with E-state index in [-0.39, 0.29) is 39.7 Å². The van der Waals surface area contributed by atoms with Crippen molar-refractivity contribution in [1.29, 1.82) is 0 Å². The summed E-state index contributed by atoms with van der Waals surface area (Å²) in [5.74, 6) is 0. The van der Waals surface area contributed by atoms with Crippen LogP contribution in [0.3, 0.4) is 0 Å². The Bertz CT molecular complexity index is 876. The van der Waals surface area contributed by atoms with Crippen molar-refractivity contribution in [2.75, 3.05) is 0 Å². The van der Waals surface area contributed by atoms with Gasteiger partial charge in [-0.1, -0.05) is 37.1 Å². The third-order valence-electron chi connectivity index (χ3n) is 4.23. The second-order valence-corrected chi connectivity index (χ2v) is 6.22. The van der Waals surface area contributed by atoms with E-state index in [9.17, 15) is 0 Å². The predicted octanol–water partition coefficient (Wildman–Crippen LogP) is 7.71. The van der Waals surface area contributed by atoms with Crippen molar-refractivity contribution in [3.8, 4) is 0 Å². The fourth-order valence-electron chi connectivity index (χ4n) is 3.08. The van der Waals surface area contributed by atoms with Gasteiger partial charge >= 0.3 is 30.2 Å². The third-order valence-corrected chi connectivity index (χ3v) is 4.23. The number of hydrogen-bond acceptors (Lipinski definition) is 0. The standard InChI is InChI=1S/2C11H11.2CH3.2ClH.Si.Zr/c2*1-8-6-10-5-3-4-9(2)11(10)7-8;;;;;;/h2*3-7H,1-2H3;2*1H3;2*1H;;/q4*-1;;;;. The average Bonchev–Trinajstić information content (AvgIpc) is 3.13. The van der Waals surface area contributed by atoms with Gasteiger partial charge in [-0.3, -0.25) is 0 Å². The Kier molecular flexibility index (Phi) is 17.4. The van der Waals surface area contributed by atoms with Gasteiger partial charge in [0.1, 0.15) is 0 Å². The summed E-state index contributed by atoms with van der Waals surface area (Å²) in [6.45, 7) is 11.6. The van der Waals surface area contributed by atoms with Gasteiger partial charge in [0.15, 0.2) is 0 Å². The van der Waals surface area contributed by atoms with Crippen LogP contribution in [0.2, 0.25) is 0 Å². The van der Waals surface area contributed by atoms with Gasteiger partial charge in [-0.25, -0.2) is 0 Å². The molecule has 0 heterocycles. The van der Waals surface area contributed by atoms with Gasteiger partial charge in [0.05, 0.1) is 0 Å². The maximum atomic E-state index is 3.06. The number of hydrogen-bond donors (Lipinski definition) is 0. The molecule has 152 valence electrons. The molecular formula is C24H30Cl2SiZr-4. The number of aryl methyl sites for hydroxylation is 4. The Balaban J connectivity index is -0.000000363. The van der Waals surface area contributed by atoms with Gasteiger partial charge in [-0.15, -0.1) is 93.9 Å². The molecule has 4 rings (SSSR count). The molecule has 0 N–H and O–H groups in total. The summed E-state index contributed by atoms with van der Waals surface area (Å²) >= 11 is 1.36. The second kappa shape index (κ2) is 15.2. The minimum atomic E-state index is 0. The van der Waals surface area contributed by atoms with E-state index >= 15 is 0 Å². The number of fused-ring (bicyclic) bond motifs is 2. The molecule has 0 fully saturated rings. The van der Waals surface area contributed by atoms with Crippen molar-refractivity contribution in [1.82, 2.24) is 0 Å². The predicted molar refractivity (Wildman–Crippen MR) is 131 cm³/mol. The molecule has 4 heteroatoms. The van der Waals surface area contributed by atoms with Crippen molar-refractivity contribution in [2.45, 2.75) is 27.7 Å². The molecular weight excluding hydrogens is 478 g/mol. The molecule has 0 bridgehead atoms. The minimum absolute atomic E-state index is 0. The first kappa shape index (κ1) is 32.0. The summed E-state index contributed by atoms with van der Waals surface area (Å²) in [5.41, 5.74) is 5.45. The Morgan fingerprint density at radius 1 is 0.643 bits per heavy atom. The number of benzene rings is 2. The van der Waals surface area contributed by atoms with Crippen molar-refractivity contribution < 1.29 is 23.3 Å². The van der Waals surface area contributed by atoms with Crippen LogP contribution in [0.4, 0.5) is 0 Å². The van der Waals surface area contributed by atoms with E-state index in [1.165, 1.54) is 67.1 Å². The zero-order chi connectivity index (χ0) is 17.7. The monoisotopic (exact) mass is 506 g/mol. The molecule has 0 aliphatic carbocycles. The second-order valence-electron chi connectivity index (χ2n) is 6.22. The van der Waals surface area contributed by atoms with Gasteiger partial charge < -0.3 is 14.9 Å². The van der Waals surface area contributed by atoms with Crippen LogP contribution in [0, 0.1) is 42.5 Å². The van der Waals surface area contributed by atoms with E-state index in [0.29, 0.717) is 0 Å². The van der Waals surface area contributed by atoms with Crippen molar-refractivity contribution >= 4 is 53.2 Å². The molecule has 0 spiro atoms. The molecule has 2 radical (unpaired) electrons. The molecule has 0 saturated carbocycles. The summed E-state index contributed by atoms with van der Waals surface area (Å²) in [7, 11) is 0. The molecule has 0 saturated heterocycles. The quantitative estimate of drug-likeness (QED) is 0.169. The fraction of sp³-hybridized carbons (Fsp3) is 0.167. The first-order valence-electron chi connectivity index (χ1n) is 8.05.